The summed E-state index contributed by atoms with van der Waals surface area (Å²) in [4.78, 5) is 12.2. The number of aliphatic hydroxyl groups excluding tert-OH is 2. The minimum Gasteiger partial charge on any atom is -0.392 e. The molecule has 0 heterocycles. The zero-order valence-electron chi connectivity index (χ0n) is 19.4. The average Bonchev–Trinajstić information content (AvgIpc) is 2.83. The minimum absolute atomic E-state index is 0.0553. The molecule has 0 bridgehead atoms. The van der Waals surface area contributed by atoms with Crippen LogP contribution in [-0.2, 0) is 32.5 Å². The molecule has 0 atom stereocenters. The molecule has 0 amide bonds. The number of carbonyl (C=O) groups excluding carboxylic acids is 1. The first kappa shape index (κ1) is 23.9. The van der Waals surface area contributed by atoms with Crippen LogP contribution in [0.1, 0.15) is 70.4 Å². The van der Waals surface area contributed by atoms with E-state index in [1.807, 2.05) is 31.2 Å². The van der Waals surface area contributed by atoms with Crippen LogP contribution in [-0.4, -0.2) is 16.0 Å². The summed E-state index contributed by atoms with van der Waals surface area (Å²) in [5, 5.41) is 19.0. The molecule has 3 nitrogen and oxygen atoms in total. The highest BCUT2D eigenvalue weighted by atomic mass is 16.3. The first-order chi connectivity index (χ1) is 15.5. The van der Waals surface area contributed by atoms with E-state index in [1.54, 1.807) is 0 Å². The van der Waals surface area contributed by atoms with Gasteiger partial charge in [-0.15, -0.1) is 0 Å². The lowest BCUT2D eigenvalue weighted by Gasteiger charge is -2.15. The molecule has 3 heteroatoms. The second-order valence-electron chi connectivity index (χ2n) is 8.47. The average molecular weight is 431 g/mol. The molecular weight excluding hydrogens is 396 g/mol. The number of aryl methyl sites for hydroxylation is 4. The summed E-state index contributed by atoms with van der Waals surface area (Å²) in [6, 6.07) is 18.7. The maximum absolute atomic E-state index is 12.2. The van der Waals surface area contributed by atoms with Gasteiger partial charge in [-0.3, -0.25) is 4.79 Å². The zero-order valence-corrected chi connectivity index (χ0v) is 19.4. The third-order valence-electron chi connectivity index (χ3n) is 6.17. The van der Waals surface area contributed by atoms with E-state index in [1.165, 1.54) is 27.8 Å². The van der Waals surface area contributed by atoms with Crippen molar-refractivity contribution in [2.24, 2.45) is 0 Å². The van der Waals surface area contributed by atoms with Crippen LogP contribution in [0.2, 0.25) is 0 Å². The van der Waals surface area contributed by atoms with Crippen molar-refractivity contribution in [2.45, 2.75) is 66.1 Å². The molecule has 3 aromatic carbocycles. The molecule has 0 fully saturated rings. The smallest absolute Gasteiger partial charge is 0.162 e. The second kappa shape index (κ2) is 11.2. The first-order valence-electron chi connectivity index (χ1n) is 11.6. The normalized spacial score (nSPS) is 11.0. The maximum atomic E-state index is 12.2. The van der Waals surface area contributed by atoms with Gasteiger partial charge in [-0.2, -0.15) is 0 Å². The third-order valence-corrected chi connectivity index (χ3v) is 6.17. The summed E-state index contributed by atoms with van der Waals surface area (Å²) in [5.74, 6) is 0.189. The van der Waals surface area contributed by atoms with Crippen molar-refractivity contribution in [1.82, 2.24) is 0 Å². The van der Waals surface area contributed by atoms with Crippen LogP contribution in [0.5, 0.6) is 0 Å². The van der Waals surface area contributed by atoms with Gasteiger partial charge in [0.25, 0.3) is 0 Å². The van der Waals surface area contributed by atoms with Gasteiger partial charge in [0.2, 0.25) is 0 Å². The number of benzene rings is 3. The summed E-state index contributed by atoms with van der Waals surface area (Å²) in [5.41, 5.74) is 9.71. The summed E-state index contributed by atoms with van der Waals surface area (Å²) < 4.78 is 0. The highest BCUT2D eigenvalue weighted by Gasteiger charge is 2.12. The number of carbonyl (C=O) groups is 1. The number of hydrogen-bond acceptors (Lipinski definition) is 3. The van der Waals surface area contributed by atoms with E-state index in [4.69, 9.17) is 0 Å². The lowest BCUT2D eigenvalue weighted by molar-refractivity contribution is 0.0988. The third kappa shape index (κ3) is 5.53. The van der Waals surface area contributed by atoms with Gasteiger partial charge >= 0.3 is 0 Å². The predicted molar refractivity (Wildman–Crippen MR) is 131 cm³/mol. The fourth-order valence-electron chi connectivity index (χ4n) is 4.25. The van der Waals surface area contributed by atoms with Gasteiger partial charge < -0.3 is 10.2 Å². The highest BCUT2D eigenvalue weighted by Crippen LogP contribution is 2.30. The van der Waals surface area contributed by atoms with Gasteiger partial charge in [-0.25, -0.2) is 0 Å². The van der Waals surface area contributed by atoms with E-state index in [0.717, 1.165) is 47.9 Å². The number of ketones is 1. The molecule has 0 aliphatic heterocycles. The van der Waals surface area contributed by atoms with Crippen molar-refractivity contribution >= 4 is 5.78 Å². The number of Topliss-reactive ketones (excluding diaryl/α,β-unsaturated/α-hetero) is 1. The summed E-state index contributed by atoms with van der Waals surface area (Å²) in [7, 11) is 0. The molecule has 0 aliphatic rings. The quantitative estimate of drug-likeness (QED) is 0.389. The van der Waals surface area contributed by atoms with Crippen LogP contribution in [0.25, 0.3) is 11.1 Å². The van der Waals surface area contributed by atoms with Crippen LogP contribution in [0.15, 0.2) is 54.6 Å². The van der Waals surface area contributed by atoms with Crippen molar-refractivity contribution in [3.63, 3.8) is 0 Å². The number of hydrogen-bond donors (Lipinski definition) is 2. The Balaban J connectivity index is 1.88. The van der Waals surface area contributed by atoms with E-state index < -0.39 is 0 Å². The standard InChI is InChI=1S/C29H34O3/c1-4-6-23-17-24(29(32)5-2)13-14-27(23)28-16-22(8-7-20(28)3)10-9-21-11-12-25(18-30)26(15-21)19-31/h7-8,11-17,30-31H,4-6,9-10,18-19H2,1-3H3. The Kier molecular flexibility index (Phi) is 8.38. The molecule has 168 valence electrons. The Bertz CT molecular complexity index is 1080. The Morgan fingerprint density at radius 2 is 1.41 bits per heavy atom. The van der Waals surface area contributed by atoms with E-state index >= 15 is 0 Å². The molecule has 0 unspecified atom stereocenters. The largest absolute Gasteiger partial charge is 0.392 e. The molecule has 0 radical (unpaired) electrons. The van der Waals surface area contributed by atoms with E-state index in [2.05, 4.69) is 44.2 Å². The zero-order chi connectivity index (χ0) is 23.1. The molecule has 0 aromatic heterocycles. The lowest BCUT2D eigenvalue weighted by Crippen LogP contribution is -2.01. The van der Waals surface area contributed by atoms with Crippen molar-refractivity contribution < 1.29 is 15.0 Å². The Morgan fingerprint density at radius 3 is 2.06 bits per heavy atom. The van der Waals surface area contributed by atoms with E-state index in [9.17, 15) is 15.0 Å². The van der Waals surface area contributed by atoms with E-state index in [-0.39, 0.29) is 19.0 Å². The summed E-state index contributed by atoms with van der Waals surface area (Å²) in [6.45, 7) is 6.10. The molecule has 32 heavy (non-hydrogen) atoms. The molecular formula is C29H34O3. The van der Waals surface area contributed by atoms with Gasteiger partial charge in [0.15, 0.2) is 5.78 Å². The van der Waals surface area contributed by atoms with Crippen LogP contribution in [0.4, 0.5) is 0 Å². The number of aliphatic hydroxyl groups is 2. The Morgan fingerprint density at radius 1 is 0.719 bits per heavy atom. The predicted octanol–water partition coefficient (Wildman–Crippen LogP) is 5.98. The van der Waals surface area contributed by atoms with E-state index in [0.29, 0.717) is 6.42 Å². The minimum atomic E-state index is -0.0604. The fourth-order valence-corrected chi connectivity index (χ4v) is 4.25. The number of rotatable bonds is 10. The van der Waals surface area contributed by atoms with Crippen LogP contribution >= 0.6 is 0 Å². The summed E-state index contributed by atoms with van der Waals surface area (Å²) >= 11 is 0. The Hall–Kier alpha value is -2.75. The van der Waals surface area contributed by atoms with Crippen molar-refractivity contribution in [1.29, 1.82) is 0 Å². The fraction of sp³-hybridized carbons (Fsp3) is 0.345. The second-order valence-corrected chi connectivity index (χ2v) is 8.47. The molecule has 3 aromatic rings. The van der Waals surface area contributed by atoms with Crippen LogP contribution < -0.4 is 0 Å². The van der Waals surface area contributed by atoms with Crippen molar-refractivity contribution in [3.05, 3.63) is 93.5 Å². The van der Waals surface area contributed by atoms with Crippen molar-refractivity contribution in [2.75, 3.05) is 0 Å². The lowest BCUT2D eigenvalue weighted by atomic mass is 9.89. The summed E-state index contributed by atoms with van der Waals surface area (Å²) in [6.07, 6.45) is 4.27. The van der Waals surface area contributed by atoms with Gasteiger partial charge in [0, 0.05) is 12.0 Å². The highest BCUT2D eigenvalue weighted by molar-refractivity contribution is 5.96. The molecule has 0 saturated carbocycles. The maximum Gasteiger partial charge on any atom is 0.162 e. The SMILES string of the molecule is CCCc1cc(C(=O)CC)ccc1-c1cc(CCc2ccc(CO)c(CO)c2)ccc1C. The van der Waals surface area contributed by atoms with Gasteiger partial charge in [-0.05, 0) is 76.8 Å². The monoisotopic (exact) mass is 430 g/mol. The first-order valence-corrected chi connectivity index (χ1v) is 11.6. The van der Waals surface area contributed by atoms with Crippen LogP contribution in [0, 0.1) is 6.92 Å². The van der Waals surface area contributed by atoms with Crippen molar-refractivity contribution in [3.8, 4) is 11.1 Å². The van der Waals surface area contributed by atoms with Crippen LogP contribution in [0.3, 0.4) is 0 Å². The Labute approximate surface area is 191 Å². The molecule has 0 aliphatic carbocycles. The van der Waals surface area contributed by atoms with Gasteiger partial charge in [0.1, 0.15) is 0 Å². The topological polar surface area (TPSA) is 57.5 Å². The molecule has 2 N–H and O–H groups in total. The molecule has 3 rings (SSSR count). The molecule has 0 spiro atoms. The molecule has 0 saturated heterocycles. The van der Waals surface area contributed by atoms with Gasteiger partial charge in [-0.1, -0.05) is 68.8 Å². The van der Waals surface area contributed by atoms with Gasteiger partial charge in [0.05, 0.1) is 13.2 Å².